The molecule has 0 fully saturated rings. The molecule has 0 bridgehead atoms. The highest BCUT2D eigenvalue weighted by molar-refractivity contribution is 8.00. The number of hydrogen-bond acceptors (Lipinski definition) is 3. The fraction of sp³-hybridized carbons (Fsp3) is 0.0189. The van der Waals surface area contributed by atoms with Gasteiger partial charge in [0.15, 0.2) is 5.82 Å². The van der Waals surface area contributed by atoms with Crippen LogP contribution in [0.15, 0.2) is 204 Å². The molecule has 1 aliphatic carbocycles. The number of hydrogen-bond donors (Lipinski definition) is 0. The molecule has 2 nitrogen and oxygen atoms in total. The summed E-state index contributed by atoms with van der Waals surface area (Å²) in [5, 5.41) is 6.21. The van der Waals surface area contributed by atoms with E-state index in [1.54, 1.807) is 0 Å². The number of para-hydroxylation sites is 1. The number of aromatic nitrogens is 2. The van der Waals surface area contributed by atoms with Crippen molar-refractivity contribution in [3.05, 3.63) is 216 Å². The third kappa shape index (κ3) is 4.46. The molecule has 0 saturated heterocycles. The van der Waals surface area contributed by atoms with E-state index in [0.717, 1.165) is 39.1 Å². The van der Waals surface area contributed by atoms with Gasteiger partial charge in [0.25, 0.3) is 0 Å². The molecule has 56 heavy (non-hydrogen) atoms. The Labute approximate surface area is 329 Å². The Bertz CT molecular complexity index is 3140. The van der Waals surface area contributed by atoms with Gasteiger partial charge in [0.2, 0.25) is 0 Å². The lowest BCUT2D eigenvalue weighted by Crippen LogP contribution is -2.32. The molecule has 1 spiro atoms. The maximum Gasteiger partial charge on any atom is 0.160 e. The second-order valence-corrected chi connectivity index (χ2v) is 15.9. The zero-order chi connectivity index (χ0) is 36.8. The van der Waals surface area contributed by atoms with Crippen LogP contribution in [-0.4, -0.2) is 9.97 Å². The Balaban J connectivity index is 1.03. The van der Waals surface area contributed by atoms with Crippen LogP contribution in [0.4, 0.5) is 0 Å². The first-order valence-corrected chi connectivity index (χ1v) is 20.0. The molecule has 2 heterocycles. The number of rotatable bonds is 3. The van der Waals surface area contributed by atoms with Gasteiger partial charge in [0.05, 0.1) is 16.6 Å². The molecule has 9 aromatic carbocycles. The zero-order valence-electron chi connectivity index (χ0n) is 30.3. The number of nitrogens with zero attached hydrogens (tertiary/aromatic N) is 2. The van der Waals surface area contributed by atoms with Crippen LogP contribution < -0.4 is 0 Å². The quantitative estimate of drug-likeness (QED) is 0.181. The van der Waals surface area contributed by atoms with E-state index in [9.17, 15) is 0 Å². The summed E-state index contributed by atoms with van der Waals surface area (Å²) in [4.78, 5) is 12.8. The van der Waals surface area contributed by atoms with E-state index < -0.39 is 5.41 Å². The average Bonchev–Trinajstić information content (AvgIpc) is 3.56. The lowest BCUT2D eigenvalue weighted by molar-refractivity contribution is 0.729. The summed E-state index contributed by atoms with van der Waals surface area (Å²) in [5.41, 5.74) is 13.9. The molecule has 1 aliphatic heterocycles. The van der Waals surface area contributed by atoms with Crippen LogP contribution in [0.3, 0.4) is 0 Å². The van der Waals surface area contributed by atoms with Gasteiger partial charge in [-0.25, -0.2) is 9.97 Å². The van der Waals surface area contributed by atoms with Gasteiger partial charge >= 0.3 is 0 Å². The summed E-state index contributed by atoms with van der Waals surface area (Å²) in [6.45, 7) is 0. The summed E-state index contributed by atoms with van der Waals surface area (Å²) >= 11 is 1.94. The molecule has 1 aromatic heterocycles. The molecular weight excluding hydrogens is 697 g/mol. The van der Waals surface area contributed by atoms with Crippen molar-refractivity contribution in [2.45, 2.75) is 15.2 Å². The highest BCUT2D eigenvalue weighted by Gasteiger charge is 2.50. The van der Waals surface area contributed by atoms with Crippen LogP contribution in [0.25, 0.3) is 77.3 Å². The summed E-state index contributed by atoms with van der Waals surface area (Å²) < 4.78 is 0. The van der Waals surface area contributed by atoms with Crippen LogP contribution in [0.2, 0.25) is 0 Å². The highest BCUT2D eigenvalue weighted by Crippen LogP contribution is 2.64. The summed E-state index contributed by atoms with van der Waals surface area (Å²) in [6, 6.07) is 70.8. The van der Waals surface area contributed by atoms with Gasteiger partial charge in [-0.15, -0.1) is 0 Å². The SMILES string of the molecule is c1ccc(-c2nc(-c3ccc(-c4ccc5c(c4)-c4ccccc4C54c5ccc6ccccc6c5Sc5c4ccc4ccccc54)cc3)nc3ccccc23)cc1. The van der Waals surface area contributed by atoms with E-state index in [1.807, 2.05) is 23.9 Å². The minimum Gasteiger partial charge on any atom is -0.228 e. The third-order valence-electron chi connectivity index (χ3n) is 11.9. The summed E-state index contributed by atoms with van der Waals surface area (Å²) in [5.74, 6) is 0.728. The first kappa shape index (κ1) is 31.5. The Morgan fingerprint density at radius 2 is 0.911 bits per heavy atom. The van der Waals surface area contributed by atoms with E-state index in [1.165, 1.54) is 70.3 Å². The molecule has 0 saturated carbocycles. The molecular formula is C53H32N2S. The third-order valence-corrected chi connectivity index (χ3v) is 13.2. The topological polar surface area (TPSA) is 25.8 Å². The minimum absolute atomic E-state index is 0.456. The van der Waals surface area contributed by atoms with Crippen LogP contribution in [0.1, 0.15) is 22.3 Å². The van der Waals surface area contributed by atoms with E-state index in [-0.39, 0.29) is 0 Å². The molecule has 12 rings (SSSR count). The van der Waals surface area contributed by atoms with Gasteiger partial charge in [-0.2, -0.15) is 0 Å². The zero-order valence-corrected chi connectivity index (χ0v) is 31.1. The van der Waals surface area contributed by atoms with Crippen molar-refractivity contribution in [2.24, 2.45) is 0 Å². The Kier molecular flexibility index (Phi) is 6.81. The fourth-order valence-corrected chi connectivity index (χ4v) is 10.9. The van der Waals surface area contributed by atoms with Crippen molar-refractivity contribution < 1.29 is 0 Å². The predicted octanol–water partition coefficient (Wildman–Crippen LogP) is 13.8. The number of benzene rings is 9. The van der Waals surface area contributed by atoms with Crippen LogP contribution >= 0.6 is 11.8 Å². The molecule has 0 N–H and O–H groups in total. The van der Waals surface area contributed by atoms with Crippen molar-refractivity contribution in [1.29, 1.82) is 0 Å². The van der Waals surface area contributed by atoms with E-state index >= 15 is 0 Å². The molecule has 0 atom stereocenters. The maximum atomic E-state index is 5.13. The molecule has 3 heteroatoms. The van der Waals surface area contributed by atoms with Crippen molar-refractivity contribution in [2.75, 3.05) is 0 Å². The predicted molar refractivity (Wildman–Crippen MR) is 232 cm³/mol. The minimum atomic E-state index is -0.456. The highest BCUT2D eigenvalue weighted by atomic mass is 32.2. The second kappa shape index (κ2) is 12.1. The van der Waals surface area contributed by atoms with Gasteiger partial charge in [-0.05, 0) is 78.2 Å². The Morgan fingerprint density at radius 1 is 0.357 bits per heavy atom. The monoisotopic (exact) mass is 728 g/mol. The van der Waals surface area contributed by atoms with Gasteiger partial charge in [-0.1, -0.05) is 194 Å². The molecule has 260 valence electrons. The van der Waals surface area contributed by atoms with E-state index in [4.69, 9.17) is 9.97 Å². The molecule has 0 radical (unpaired) electrons. The molecule has 2 aliphatic rings. The maximum absolute atomic E-state index is 5.13. The van der Waals surface area contributed by atoms with Gasteiger partial charge in [0, 0.05) is 26.3 Å². The van der Waals surface area contributed by atoms with Crippen molar-refractivity contribution in [3.8, 4) is 44.9 Å². The number of fused-ring (bicyclic) bond motifs is 14. The Morgan fingerprint density at radius 3 is 1.64 bits per heavy atom. The average molecular weight is 729 g/mol. The molecule has 10 aromatic rings. The van der Waals surface area contributed by atoms with Gasteiger partial charge in [0.1, 0.15) is 0 Å². The van der Waals surface area contributed by atoms with Crippen LogP contribution in [0, 0.1) is 0 Å². The normalized spacial score (nSPS) is 13.4. The first-order valence-electron chi connectivity index (χ1n) is 19.2. The standard InChI is InChI=1S/C53H32N2S/c1-2-14-36(15-3-1)49-42-19-9-11-21-48(42)54-52(55-49)37-24-22-33(23-25-37)38-28-29-45-43(32-38)41-18-8-10-20-44(41)53(45)46-30-26-34-12-4-6-16-39(34)50(46)56-51-40-17-7-5-13-35(40)27-31-47(51)53/h1-32H. The van der Waals surface area contributed by atoms with Crippen molar-refractivity contribution >= 4 is 44.2 Å². The van der Waals surface area contributed by atoms with Crippen molar-refractivity contribution in [1.82, 2.24) is 9.97 Å². The molecule has 0 unspecified atom stereocenters. The lowest BCUT2D eigenvalue weighted by atomic mass is 9.66. The van der Waals surface area contributed by atoms with Gasteiger partial charge < -0.3 is 0 Å². The van der Waals surface area contributed by atoms with Crippen molar-refractivity contribution in [3.63, 3.8) is 0 Å². The fourth-order valence-electron chi connectivity index (χ4n) is 9.42. The first-order chi connectivity index (χ1) is 27.8. The largest absolute Gasteiger partial charge is 0.228 e. The Hall–Kier alpha value is -6.81. The second-order valence-electron chi connectivity index (χ2n) is 14.8. The van der Waals surface area contributed by atoms with Crippen LogP contribution in [-0.2, 0) is 5.41 Å². The smallest absolute Gasteiger partial charge is 0.160 e. The van der Waals surface area contributed by atoms with E-state index in [0.29, 0.717) is 0 Å². The summed E-state index contributed by atoms with van der Waals surface area (Å²) in [7, 11) is 0. The summed E-state index contributed by atoms with van der Waals surface area (Å²) in [6.07, 6.45) is 0. The van der Waals surface area contributed by atoms with E-state index in [2.05, 4.69) is 182 Å². The lowest BCUT2D eigenvalue weighted by Gasteiger charge is -2.40. The van der Waals surface area contributed by atoms with Crippen LogP contribution in [0.5, 0.6) is 0 Å². The van der Waals surface area contributed by atoms with Gasteiger partial charge in [-0.3, -0.25) is 0 Å². The molecule has 0 amide bonds.